The summed E-state index contributed by atoms with van der Waals surface area (Å²) in [6.07, 6.45) is 4.87. The van der Waals surface area contributed by atoms with Crippen molar-refractivity contribution in [1.82, 2.24) is 0 Å². The molecule has 0 saturated heterocycles. The molecule has 0 amide bonds. The van der Waals surface area contributed by atoms with Crippen molar-refractivity contribution in [2.45, 2.75) is 20.3 Å². The van der Waals surface area contributed by atoms with E-state index in [1.165, 1.54) is 13.0 Å². The maximum absolute atomic E-state index is 12.0. The number of ether oxygens (including phenoxy) is 2. The van der Waals surface area contributed by atoms with E-state index < -0.39 is 23.5 Å². The van der Waals surface area contributed by atoms with Gasteiger partial charge in [-0.05, 0) is 37.1 Å². The SMILES string of the molecule is CCCOc1ccc(/C=C/C(=O)C2C(=O)C=C(C)OC2=O)cc1. The molecule has 0 radical (unpaired) electrons. The minimum absolute atomic E-state index is 0.204. The van der Waals surface area contributed by atoms with Crippen LogP contribution in [0.5, 0.6) is 5.75 Å². The largest absolute Gasteiger partial charge is 0.494 e. The summed E-state index contributed by atoms with van der Waals surface area (Å²) in [7, 11) is 0. The molecule has 5 nitrogen and oxygen atoms in total. The third-order valence-corrected chi connectivity index (χ3v) is 3.20. The summed E-state index contributed by atoms with van der Waals surface area (Å²) >= 11 is 0. The van der Waals surface area contributed by atoms with Crippen molar-refractivity contribution >= 4 is 23.6 Å². The van der Waals surface area contributed by atoms with E-state index in [0.717, 1.165) is 23.8 Å². The number of cyclic esters (lactones) is 1. The third kappa shape index (κ3) is 4.39. The topological polar surface area (TPSA) is 69.7 Å². The molecule has 0 bridgehead atoms. The average molecular weight is 314 g/mol. The number of carbonyl (C=O) groups is 3. The quantitative estimate of drug-likeness (QED) is 0.459. The molecule has 0 N–H and O–H groups in total. The molecule has 0 spiro atoms. The fourth-order valence-electron chi connectivity index (χ4n) is 2.07. The summed E-state index contributed by atoms with van der Waals surface area (Å²) in [6.45, 7) is 4.16. The van der Waals surface area contributed by atoms with Crippen molar-refractivity contribution in [3.8, 4) is 5.75 Å². The number of esters is 1. The van der Waals surface area contributed by atoms with Crippen molar-refractivity contribution < 1.29 is 23.9 Å². The Kier molecular flexibility index (Phi) is 5.46. The molecule has 23 heavy (non-hydrogen) atoms. The van der Waals surface area contributed by atoms with Crippen molar-refractivity contribution in [2.75, 3.05) is 6.61 Å². The first kappa shape index (κ1) is 16.7. The van der Waals surface area contributed by atoms with Crippen LogP contribution < -0.4 is 4.74 Å². The Labute approximate surface area is 134 Å². The number of carbonyl (C=O) groups excluding carboxylic acids is 3. The first-order chi connectivity index (χ1) is 11.0. The third-order valence-electron chi connectivity index (χ3n) is 3.20. The van der Waals surface area contributed by atoms with Crippen molar-refractivity contribution in [3.63, 3.8) is 0 Å². The van der Waals surface area contributed by atoms with Gasteiger partial charge in [-0.25, -0.2) is 0 Å². The smallest absolute Gasteiger partial charge is 0.329 e. The minimum Gasteiger partial charge on any atom is -0.494 e. The molecule has 0 aromatic heterocycles. The summed E-state index contributed by atoms with van der Waals surface area (Å²) in [6, 6.07) is 7.18. The van der Waals surface area contributed by atoms with Crippen LogP contribution in [0.15, 0.2) is 42.2 Å². The summed E-state index contributed by atoms with van der Waals surface area (Å²) in [4.78, 5) is 35.5. The molecule has 0 saturated carbocycles. The Balaban J connectivity index is 2.03. The first-order valence-corrected chi connectivity index (χ1v) is 7.40. The molecule has 1 aliphatic rings. The van der Waals surface area contributed by atoms with Crippen LogP contribution in [0.25, 0.3) is 6.08 Å². The van der Waals surface area contributed by atoms with Gasteiger partial charge < -0.3 is 9.47 Å². The zero-order valence-corrected chi connectivity index (χ0v) is 13.1. The van der Waals surface area contributed by atoms with Gasteiger partial charge in [0.05, 0.1) is 6.61 Å². The lowest BCUT2D eigenvalue weighted by Crippen LogP contribution is -2.34. The fraction of sp³-hybridized carbons (Fsp3) is 0.278. The molecule has 0 fully saturated rings. The monoisotopic (exact) mass is 314 g/mol. The fourth-order valence-corrected chi connectivity index (χ4v) is 2.07. The number of hydrogen-bond acceptors (Lipinski definition) is 5. The van der Waals surface area contributed by atoms with E-state index in [1.807, 2.05) is 6.92 Å². The highest BCUT2D eigenvalue weighted by molar-refractivity contribution is 6.25. The second-order valence-electron chi connectivity index (χ2n) is 5.16. The number of rotatable bonds is 6. The van der Waals surface area contributed by atoms with Gasteiger partial charge in [-0.1, -0.05) is 25.1 Å². The Morgan fingerprint density at radius 1 is 1.26 bits per heavy atom. The molecule has 1 atom stereocenters. The standard InChI is InChI=1S/C18H18O5/c1-3-10-22-14-7-4-13(5-8-14)6-9-15(19)17-16(20)11-12(2)23-18(17)21/h4-9,11,17H,3,10H2,1-2H3/b9-6+. The van der Waals surface area contributed by atoms with Crippen LogP contribution in [-0.4, -0.2) is 24.1 Å². The van der Waals surface area contributed by atoms with E-state index in [2.05, 4.69) is 0 Å². The van der Waals surface area contributed by atoms with E-state index in [9.17, 15) is 14.4 Å². The van der Waals surface area contributed by atoms with E-state index in [4.69, 9.17) is 9.47 Å². The maximum Gasteiger partial charge on any atom is 0.329 e. The van der Waals surface area contributed by atoms with Crippen LogP contribution in [0.1, 0.15) is 25.8 Å². The molecule has 2 rings (SSSR count). The van der Waals surface area contributed by atoms with Gasteiger partial charge in [0, 0.05) is 6.08 Å². The van der Waals surface area contributed by atoms with Gasteiger partial charge in [0.25, 0.3) is 0 Å². The molecule has 1 aromatic carbocycles. The van der Waals surface area contributed by atoms with E-state index in [1.54, 1.807) is 30.3 Å². The highest BCUT2D eigenvalue weighted by Crippen LogP contribution is 2.17. The van der Waals surface area contributed by atoms with E-state index in [-0.39, 0.29) is 5.76 Å². The molecule has 1 aromatic rings. The van der Waals surface area contributed by atoms with Crippen LogP contribution in [0.3, 0.4) is 0 Å². The normalized spacial score (nSPS) is 17.8. The maximum atomic E-state index is 12.0. The molecule has 1 aliphatic heterocycles. The Morgan fingerprint density at radius 3 is 2.57 bits per heavy atom. The van der Waals surface area contributed by atoms with E-state index in [0.29, 0.717) is 6.61 Å². The van der Waals surface area contributed by atoms with Crippen LogP contribution in [-0.2, 0) is 19.1 Å². The summed E-state index contributed by atoms with van der Waals surface area (Å²) in [5.74, 6) is -2.40. The lowest BCUT2D eigenvalue weighted by molar-refractivity contribution is -0.151. The number of hydrogen-bond donors (Lipinski definition) is 0. The van der Waals surface area contributed by atoms with Gasteiger partial charge in [-0.2, -0.15) is 0 Å². The van der Waals surface area contributed by atoms with E-state index >= 15 is 0 Å². The lowest BCUT2D eigenvalue weighted by atomic mass is 9.96. The molecule has 5 heteroatoms. The zero-order chi connectivity index (χ0) is 16.8. The summed E-state index contributed by atoms with van der Waals surface area (Å²) in [5, 5.41) is 0. The van der Waals surface area contributed by atoms with Gasteiger partial charge in [0.15, 0.2) is 17.5 Å². The molecule has 120 valence electrons. The Hall–Kier alpha value is -2.69. The van der Waals surface area contributed by atoms with Crippen molar-refractivity contribution in [3.05, 3.63) is 47.7 Å². The first-order valence-electron chi connectivity index (χ1n) is 7.40. The molecular formula is C18H18O5. The van der Waals surface area contributed by atoms with Gasteiger partial charge in [-0.15, -0.1) is 0 Å². The predicted octanol–water partition coefficient (Wildman–Crippen LogP) is 2.70. The summed E-state index contributed by atoms with van der Waals surface area (Å²) in [5.41, 5.74) is 0.769. The number of ketones is 2. The van der Waals surface area contributed by atoms with Crippen LogP contribution in [0.4, 0.5) is 0 Å². The molecule has 1 heterocycles. The van der Waals surface area contributed by atoms with Gasteiger partial charge in [0.2, 0.25) is 0 Å². The van der Waals surface area contributed by atoms with Gasteiger partial charge in [-0.3, -0.25) is 14.4 Å². The van der Waals surface area contributed by atoms with Gasteiger partial charge in [0.1, 0.15) is 11.5 Å². The van der Waals surface area contributed by atoms with Crippen molar-refractivity contribution in [1.29, 1.82) is 0 Å². The zero-order valence-electron chi connectivity index (χ0n) is 13.1. The second kappa shape index (κ2) is 7.54. The van der Waals surface area contributed by atoms with Crippen LogP contribution in [0.2, 0.25) is 0 Å². The number of allylic oxidation sites excluding steroid dienone is 3. The van der Waals surface area contributed by atoms with Crippen LogP contribution in [0, 0.1) is 5.92 Å². The predicted molar refractivity (Wildman–Crippen MR) is 84.6 cm³/mol. The Bertz CT molecular complexity index is 667. The highest BCUT2D eigenvalue weighted by atomic mass is 16.5. The average Bonchev–Trinajstić information content (AvgIpc) is 2.51. The minimum atomic E-state index is -1.40. The Morgan fingerprint density at radius 2 is 1.96 bits per heavy atom. The van der Waals surface area contributed by atoms with Crippen molar-refractivity contribution in [2.24, 2.45) is 5.92 Å². The lowest BCUT2D eigenvalue weighted by Gasteiger charge is -2.15. The second-order valence-corrected chi connectivity index (χ2v) is 5.16. The number of benzene rings is 1. The molecular weight excluding hydrogens is 296 g/mol. The van der Waals surface area contributed by atoms with Gasteiger partial charge >= 0.3 is 5.97 Å². The highest BCUT2D eigenvalue weighted by Gasteiger charge is 2.36. The summed E-state index contributed by atoms with van der Waals surface area (Å²) < 4.78 is 10.3. The molecule has 1 unspecified atom stereocenters. The molecule has 0 aliphatic carbocycles. The van der Waals surface area contributed by atoms with Crippen LogP contribution >= 0.6 is 0 Å².